The van der Waals surface area contributed by atoms with Gasteiger partial charge in [-0.3, -0.25) is 9.59 Å². The number of halogens is 2. The molecule has 3 nitrogen and oxygen atoms in total. The lowest BCUT2D eigenvalue weighted by molar-refractivity contribution is -0.115. The lowest BCUT2D eigenvalue weighted by Gasteiger charge is -2.16. The number of ketones is 1. The second-order valence-corrected chi connectivity index (χ2v) is 5.30. The van der Waals surface area contributed by atoms with E-state index < -0.39 is 0 Å². The Balaban J connectivity index is 2.53. The van der Waals surface area contributed by atoms with E-state index in [0.29, 0.717) is 21.8 Å². The van der Waals surface area contributed by atoms with Crippen molar-refractivity contribution >= 4 is 45.1 Å². The highest BCUT2D eigenvalue weighted by Crippen LogP contribution is 2.28. The Morgan fingerprint density at radius 3 is 2.35 bits per heavy atom. The molecule has 1 amide bonds. The predicted molar refractivity (Wildman–Crippen MR) is 83.4 cm³/mol. The number of carbonyl (C=O) groups is 2. The number of hydrogen-bond donors (Lipinski definition) is 0. The van der Waals surface area contributed by atoms with Gasteiger partial charge in [0, 0.05) is 23.1 Å². The summed E-state index contributed by atoms with van der Waals surface area (Å²) >= 11 is 9.12. The van der Waals surface area contributed by atoms with Gasteiger partial charge in [0.15, 0.2) is 5.78 Å². The van der Waals surface area contributed by atoms with Gasteiger partial charge in [0.05, 0.1) is 21.8 Å². The van der Waals surface area contributed by atoms with Crippen molar-refractivity contribution in [1.29, 1.82) is 0 Å². The monoisotopic (exact) mass is 351 g/mol. The molecule has 20 heavy (non-hydrogen) atoms. The fourth-order valence-electron chi connectivity index (χ4n) is 1.78. The van der Waals surface area contributed by atoms with E-state index in [0.717, 1.165) is 0 Å². The van der Waals surface area contributed by atoms with Gasteiger partial charge in [0.2, 0.25) is 5.91 Å². The van der Waals surface area contributed by atoms with Crippen LogP contribution >= 0.6 is 27.7 Å². The van der Waals surface area contributed by atoms with Crippen LogP contribution in [0.25, 0.3) is 0 Å². The second kappa shape index (κ2) is 6.20. The smallest absolute Gasteiger partial charge is 0.234 e. The number of hydrogen-bond acceptors (Lipinski definition) is 2. The maximum atomic E-state index is 12.5. The lowest BCUT2D eigenvalue weighted by atomic mass is 10.0. The maximum absolute atomic E-state index is 12.5. The molecule has 102 valence electrons. The molecule has 5 heteroatoms. The minimum atomic E-state index is -0.227. The lowest BCUT2D eigenvalue weighted by Crippen LogP contribution is -2.19. The fraction of sp³-hybridized carbons (Fsp3) is 0.0667. The summed E-state index contributed by atoms with van der Waals surface area (Å²) in [6.45, 7) is 1.40. The van der Waals surface area contributed by atoms with Gasteiger partial charge >= 0.3 is 0 Å². The fourth-order valence-corrected chi connectivity index (χ4v) is 2.26. The van der Waals surface area contributed by atoms with Crippen molar-refractivity contribution in [3.8, 4) is 0 Å². The van der Waals surface area contributed by atoms with Crippen LogP contribution in [0.4, 0.5) is 5.69 Å². The number of nitrogens with zero attached hydrogens (tertiary/aromatic N) is 1. The molecule has 0 bridgehead atoms. The summed E-state index contributed by atoms with van der Waals surface area (Å²) in [7, 11) is 0. The third-order valence-electron chi connectivity index (χ3n) is 2.73. The van der Waals surface area contributed by atoms with Crippen LogP contribution in [0.2, 0.25) is 5.02 Å². The molecule has 0 aliphatic heterocycles. The summed E-state index contributed by atoms with van der Waals surface area (Å²) in [6, 6.07) is 13.7. The molecule has 2 rings (SSSR count). The Labute approximate surface area is 130 Å². The Bertz CT molecular complexity index is 658. The van der Waals surface area contributed by atoms with Gasteiger partial charge in [-0.05, 0) is 18.2 Å². The summed E-state index contributed by atoms with van der Waals surface area (Å²) in [5, 5.41) is 0.442. The van der Waals surface area contributed by atoms with Crippen molar-refractivity contribution in [3.05, 3.63) is 64.7 Å². The van der Waals surface area contributed by atoms with Crippen LogP contribution < -0.4 is 3.93 Å². The van der Waals surface area contributed by atoms with E-state index in [2.05, 4.69) is 16.1 Å². The molecular weight excluding hydrogens is 342 g/mol. The summed E-state index contributed by atoms with van der Waals surface area (Å²) in [5.41, 5.74) is 1.38. The molecule has 0 spiro atoms. The Morgan fingerprint density at radius 2 is 1.75 bits per heavy atom. The standard InChI is InChI=1S/C15H11BrClNO2/c1-10(19)18(16)14-8-7-12(17)9-13(14)15(20)11-5-3-2-4-6-11/h2-9H,1H3. The molecule has 0 saturated carbocycles. The molecule has 0 saturated heterocycles. The molecule has 0 N–H and O–H groups in total. The summed E-state index contributed by atoms with van der Waals surface area (Å²) in [5.74, 6) is -0.414. The Morgan fingerprint density at radius 1 is 1.10 bits per heavy atom. The molecule has 0 fully saturated rings. The molecule has 2 aromatic carbocycles. The maximum Gasteiger partial charge on any atom is 0.234 e. The number of carbonyl (C=O) groups excluding carboxylic acids is 2. The third kappa shape index (κ3) is 3.08. The zero-order valence-electron chi connectivity index (χ0n) is 10.6. The number of anilines is 1. The molecule has 0 unspecified atom stereocenters. The van der Waals surface area contributed by atoms with Crippen LogP contribution in [0.15, 0.2) is 48.5 Å². The van der Waals surface area contributed by atoms with E-state index in [1.807, 2.05) is 6.07 Å². The molecule has 0 aliphatic rings. The molecule has 2 aromatic rings. The first-order valence-corrected chi connectivity index (χ1v) is 6.95. The number of benzene rings is 2. The predicted octanol–water partition coefficient (Wildman–Crippen LogP) is 4.23. The van der Waals surface area contributed by atoms with E-state index in [1.165, 1.54) is 10.8 Å². The van der Waals surface area contributed by atoms with Gasteiger partial charge in [0.1, 0.15) is 0 Å². The van der Waals surface area contributed by atoms with Crippen molar-refractivity contribution in [2.75, 3.05) is 3.93 Å². The molecule has 0 radical (unpaired) electrons. The van der Waals surface area contributed by atoms with Crippen LogP contribution in [0.5, 0.6) is 0 Å². The molecule has 0 heterocycles. The van der Waals surface area contributed by atoms with Crippen molar-refractivity contribution in [1.82, 2.24) is 0 Å². The van der Waals surface area contributed by atoms with Crippen LogP contribution in [-0.2, 0) is 4.79 Å². The molecule has 0 aromatic heterocycles. The third-order valence-corrected chi connectivity index (χ3v) is 3.84. The Kier molecular flexibility index (Phi) is 4.57. The van der Waals surface area contributed by atoms with E-state index in [-0.39, 0.29) is 11.7 Å². The quantitative estimate of drug-likeness (QED) is 0.612. The largest absolute Gasteiger partial charge is 0.289 e. The van der Waals surface area contributed by atoms with Gasteiger partial charge in [-0.15, -0.1) is 0 Å². The highest BCUT2D eigenvalue weighted by molar-refractivity contribution is 9.10. The highest BCUT2D eigenvalue weighted by atomic mass is 79.9. The van der Waals surface area contributed by atoms with E-state index >= 15 is 0 Å². The second-order valence-electron chi connectivity index (χ2n) is 4.16. The van der Waals surface area contributed by atoms with Gasteiger partial charge in [-0.25, -0.2) is 3.93 Å². The molecule has 0 aliphatic carbocycles. The minimum Gasteiger partial charge on any atom is -0.289 e. The number of amides is 1. The van der Waals surface area contributed by atoms with Crippen molar-refractivity contribution in [3.63, 3.8) is 0 Å². The van der Waals surface area contributed by atoms with Crippen molar-refractivity contribution < 1.29 is 9.59 Å². The van der Waals surface area contributed by atoms with Crippen molar-refractivity contribution in [2.24, 2.45) is 0 Å². The summed E-state index contributed by atoms with van der Waals surface area (Å²) in [4.78, 5) is 24.0. The molecule has 0 atom stereocenters. The van der Waals surface area contributed by atoms with Gasteiger partial charge in [-0.2, -0.15) is 0 Å². The first kappa shape index (κ1) is 14.8. The zero-order valence-corrected chi connectivity index (χ0v) is 13.0. The summed E-state index contributed by atoms with van der Waals surface area (Å²) < 4.78 is 1.25. The zero-order chi connectivity index (χ0) is 14.7. The van der Waals surface area contributed by atoms with Gasteiger partial charge in [-0.1, -0.05) is 41.9 Å². The normalized spacial score (nSPS) is 10.2. The van der Waals surface area contributed by atoms with E-state index in [4.69, 9.17) is 11.6 Å². The van der Waals surface area contributed by atoms with E-state index in [1.54, 1.807) is 42.5 Å². The van der Waals surface area contributed by atoms with Crippen LogP contribution in [0, 0.1) is 0 Å². The van der Waals surface area contributed by atoms with Crippen LogP contribution in [-0.4, -0.2) is 11.7 Å². The average Bonchev–Trinajstić information content (AvgIpc) is 2.46. The van der Waals surface area contributed by atoms with Crippen molar-refractivity contribution in [2.45, 2.75) is 6.92 Å². The highest BCUT2D eigenvalue weighted by Gasteiger charge is 2.19. The topological polar surface area (TPSA) is 37.4 Å². The Hall–Kier alpha value is -1.65. The molecular formula is C15H11BrClNO2. The average molecular weight is 353 g/mol. The minimum absolute atomic E-state index is 0.186. The first-order valence-electron chi connectivity index (χ1n) is 5.86. The number of rotatable bonds is 3. The SMILES string of the molecule is CC(=O)N(Br)c1ccc(Cl)cc1C(=O)c1ccccc1. The first-order chi connectivity index (χ1) is 9.50. The van der Waals surface area contributed by atoms with Gasteiger partial charge < -0.3 is 0 Å². The summed E-state index contributed by atoms with van der Waals surface area (Å²) in [6.07, 6.45) is 0. The van der Waals surface area contributed by atoms with E-state index in [9.17, 15) is 9.59 Å². The van der Waals surface area contributed by atoms with Crippen LogP contribution in [0.1, 0.15) is 22.8 Å². The van der Waals surface area contributed by atoms with Crippen LogP contribution in [0.3, 0.4) is 0 Å². The van der Waals surface area contributed by atoms with Gasteiger partial charge in [0.25, 0.3) is 0 Å².